The average Bonchev–Trinajstić information content (AvgIpc) is 3.08. The van der Waals surface area contributed by atoms with Gasteiger partial charge in [0.2, 0.25) is 11.8 Å². The van der Waals surface area contributed by atoms with Crippen LogP contribution in [0.15, 0.2) is 35.8 Å². The van der Waals surface area contributed by atoms with E-state index in [1.165, 1.54) is 23.5 Å². The number of hydrogen-bond acceptors (Lipinski definition) is 6. The molecule has 0 saturated carbocycles. The summed E-state index contributed by atoms with van der Waals surface area (Å²) in [5, 5.41) is 5.28. The molecule has 0 bridgehead atoms. The third-order valence-corrected chi connectivity index (χ3v) is 6.24. The van der Waals surface area contributed by atoms with E-state index < -0.39 is 30.5 Å². The number of thiazole rings is 1. The van der Waals surface area contributed by atoms with Crippen LogP contribution >= 0.6 is 11.3 Å². The van der Waals surface area contributed by atoms with Crippen LogP contribution in [0, 0.1) is 0 Å². The molecule has 2 amide bonds. The van der Waals surface area contributed by atoms with E-state index in [1.54, 1.807) is 18.3 Å². The Hall–Kier alpha value is -2.66. The molecule has 4 rings (SSSR count). The summed E-state index contributed by atoms with van der Waals surface area (Å²) >= 11 is 1.53. The fourth-order valence-corrected chi connectivity index (χ4v) is 4.65. The Kier molecular flexibility index (Phi) is 6.15. The summed E-state index contributed by atoms with van der Waals surface area (Å²) < 4.78 is 41.6. The maximum atomic E-state index is 13.9. The third-order valence-electron chi connectivity index (χ3n) is 5.41. The fraction of sp³-hybridized carbons (Fsp3) is 0.450. The van der Waals surface area contributed by atoms with Gasteiger partial charge in [-0.2, -0.15) is 13.2 Å². The molecule has 0 radical (unpaired) electrons. The minimum absolute atomic E-state index is 0.0694. The molecule has 3 heterocycles. The predicted octanol–water partition coefficient (Wildman–Crippen LogP) is 2.96. The molecule has 1 fully saturated rings. The first-order chi connectivity index (χ1) is 14.8. The first-order valence-electron chi connectivity index (χ1n) is 9.97. The van der Waals surface area contributed by atoms with Gasteiger partial charge in [-0.1, -0.05) is 12.1 Å². The van der Waals surface area contributed by atoms with E-state index in [2.05, 4.69) is 15.2 Å². The highest BCUT2D eigenvalue weighted by molar-refractivity contribution is 7.13. The molecule has 0 spiro atoms. The second kappa shape index (κ2) is 8.83. The molecular formula is C20H22F3N5O2S. The number of anilines is 3. The van der Waals surface area contributed by atoms with Gasteiger partial charge in [0.05, 0.1) is 24.3 Å². The summed E-state index contributed by atoms with van der Waals surface area (Å²) in [6.07, 6.45) is -3.06. The maximum absolute atomic E-state index is 13.9. The average molecular weight is 453 g/mol. The second-order valence-corrected chi connectivity index (χ2v) is 8.40. The Labute approximate surface area is 181 Å². The first-order valence-corrected chi connectivity index (χ1v) is 10.9. The highest BCUT2D eigenvalue weighted by Gasteiger charge is 2.49. The second-order valence-electron chi connectivity index (χ2n) is 7.52. The fourth-order valence-electron chi connectivity index (χ4n) is 3.96. The number of aromatic nitrogens is 1. The van der Waals surface area contributed by atoms with Gasteiger partial charge >= 0.3 is 6.18 Å². The van der Waals surface area contributed by atoms with Crippen molar-refractivity contribution in [2.75, 3.05) is 47.8 Å². The van der Waals surface area contributed by atoms with Gasteiger partial charge in [-0.25, -0.2) is 4.98 Å². The number of benzene rings is 1. The number of carbonyl (C=O) groups excluding carboxylic acids is 2. The molecule has 0 aliphatic carbocycles. The van der Waals surface area contributed by atoms with Gasteiger partial charge in [-0.3, -0.25) is 19.4 Å². The lowest BCUT2D eigenvalue weighted by atomic mass is 10.1. The van der Waals surface area contributed by atoms with Crippen LogP contribution in [0.5, 0.6) is 0 Å². The number of nitrogens with one attached hydrogen (secondary N) is 1. The molecule has 1 N–H and O–H groups in total. The summed E-state index contributed by atoms with van der Waals surface area (Å²) in [6, 6.07) is 3.90. The summed E-state index contributed by atoms with van der Waals surface area (Å²) in [6.45, 7) is 2.39. The third kappa shape index (κ3) is 4.82. The van der Waals surface area contributed by atoms with E-state index in [1.807, 2.05) is 10.3 Å². The molecule has 1 saturated heterocycles. The summed E-state index contributed by atoms with van der Waals surface area (Å²) in [5.74, 6) is -1.44. The van der Waals surface area contributed by atoms with Crippen LogP contribution in [-0.4, -0.2) is 66.6 Å². The number of rotatable bonds is 3. The molecule has 7 nitrogen and oxygen atoms in total. The molecule has 1 unspecified atom stereocenters. The topological polar surface area (TPSA) is 68.8 Å². The van der Waals surface area contributed by atoms with Crippen molar-refractivity contribution < 1.29 is 22.8 Å². The highest BCUT2D eigenvalue weighted by Crippen LogP contribution is 2.37. The number of hydrogen-bond donors (Lipinski definition) is 1. The zero-order chi connectivity index (χ0) is 22.0. The summed E-state index contributed by atoms with van der Waals surface area (Å²) in [4.78, 5) is 34.3. The first kappa shape index (κ1) is 21.6. The van der Waals surface area contributed by atoms with Crippen LogP contribution in [0.25, 0.3) is 0 Å². The highest BCUT2D eigenvalue weighted by atomic mass is 32.1. The number of para-hydroxylation sites is 2. The van der Waals surface area contributed by atoms with Crippen molar-refractivity contribution in [1.29, 1.82) is 0 Å². The Morgan fingerprint density at radius 2 is 2.00 bits per heavy atom. The van der Waals surface area contributed by atoms with E-state index in [0.29, 0.717) is 19.6 Å². The minimum Gasteiger partial charge on any atom is -0.347 e. The molecule has 2 aliphatic heterocycles. The molecule has 2 aliphatic rings. The van der Waals surface area contributed by atoms with E-state index in [9.17, 15) is 22.8 Å². The molecule has 1 aromatic carbocycles. The van der Waals surface area contributed by atoms with Crippen molar-refractivity contribution in [3.8, 4) is 0 Å². The van der Waals surface area contributed by atoms with Crippen molar-refractivity contribution in [2.45, 2.75) is 25.1 Å². The molecule has 1 aromatic heterocycles. The van der Waals surface area contributed by atoms with Crippen molar-refractivity contribution >= 4 is 39.7 Å². The monoisotopic (exact) mass is 453 g/mol. The summed E-state index contributed by atoms with van der Waals surface area (Å²) in [7, 11) is 0. The zero-order valence-electron chi connectivity index (χ0n) is 16.6. The van der Waals surface area contributed by atoms with Crippen molar-refractivity contribution in [1.82, 2.24) is 9.88 Å². The van der Waals surface area contributed by atoms with Crippen LogP contribution in [0.1, 0.15) is 12.8 Å². The van der Waals surface area contributed by atoms with Gasteiger partial charge in [0.1, 0.15) is 6.04 Å². The lowest BCUT2D eigenvalue weighted by Gasteiger charge is -2.33. The predicted molar refractivity (Wildman–Crippen MR) is 112 cm³/mol. The van der Waals surface area contributed by atoms with Gasteiger partial charge in [-0.05, 0) is 18.6 Å². The normalized spacial score (nSPS) is 20.6. The molecule has 31 heavy (non-hydrogen) atoms. The number of amides is 2. The van der Waals surface area contributed by atoms with Crippen LogP contribution in [0.3, 0.4) is 0 Å². The van der Waals surface area contributed by atoms with Crippen molar-refractivity contribution in [3.63, 3.8) is 0 Å². The minimum atomic E-state index is -4.73. The van der Waals surface area contributed by atoms with Gasteiger partial charge in [-0.15, -0.1) is 11.3 Å². The maximum Gasteiger partial charge on any atom is 0.409 e. The Morgan fingerprint density at radius 1 is 1.19 bits per heavy atom. The molecule has 166 valence electrons. The van der Waals surface area contributed by atoms with Crippen LogP contribution in [0.2, 0.25) is 0 Å². The quantitative estimate of drug-likeness (QED) is 0.774. The number of halogens is 3. The standard InChI is InChI=1S/C20H22F3N5O2S/c21-20(22,23)16-12-17(29)25-14-4-1-2-5-15(14)28(16)18(30)13-26-7-3-8-27(10-9-26)19-24-6-11-31-19/h1-2,4-6,11,16H,3,7-10,12-13H2,(H,25,29). The van der Waals surface area contributed by atoms with Crippen LogP contribution in [-0.2, 0) is 9.59 Å². The van der Waals surface area contributed by atoms with Gasteiger partial charge in [0.25, 0.3) is 0 Å². The Balaban J connectivity index is 1.54. The molecule has 11 heteroatoms. The molecular weight excluding hydrogens is 431 g/mol. The smallest absolute Gasteiger partial charge is 0.347 e. The molecule has 2 aromatic rings. The lowest BCUT2D eigenvalue weighted by molar-refractivity contribution is -0.158. The number of alkyl halides is 3. The van der Waals surface area contributed by atoms with Crippen LogP contribution < -0.4 is 15.1 Å². The van der Waals surface area contributed by atoms with Crippen LogP contribution in [0.4, 0.5) is 29.7 Å². The van der Waals surface area contributed by atoms with E-state index in [0.717, 1.165) is 23.0 Å². The number of carbonyl (C=O) groups is 2. The lowest BCUT2D eigenvalue weighted by Crippen LogP contribution is -2.52. The van der Waals surface area contributed by atoms with E-state index in [4.69, 9.17) is 0 Å². The Morgan fingerprint density at radius 3 is 2.74 bits per heavy atom. The van der Waals surface area contributed by atoms with E-state index >= 15 is 0 Å². The number of fused-ring (bicyclic) bond motifs is 1. The van der Waals surface area contributed by atoms with Crippen molar-refractivity contribution in [3.05, 3.63) is 35.8 Å². The Bertz CT molecular complexity index is 937. The zero-order valence-corrected chi connectivity index (χ0v) is 17.5. The number of nitrogens with zero attached hydrogens (tertiary/aromatic N) is 4. The van der Waals surface area contributed by atoms with Crippen molar-refractivity contribution in [2.24, 2.45) is 0 Å². The largest absolute Gasteiger partial charge is 0.409 e. The van der Waals surface area contributed by atoms with Gasteiger partial charge in [0, 0.05) is 37.8 Å². The van der Waals surface area contributed by atoms with E-state index in [-0.39, 0.29) is 17.9 Å². The van der Waals surface area contributed by atoms with Gasteiger partial charge in [0.15, 0.2) is 5.13 Å². The molecule has 1 atom stereocenters. The SMILES string of the molecule is O=C1CC(C(F)(F)F)N(C(=O)CN2CCCN(c3nccs3)CC2)c2ccccc2N1. The van der Waals surface area contributed by atoms with Gasteiger partial charge < -0.3 is 10.2 Å². The summed E-state index contributed by atoms with van der Waals surface area (Å²) in [5.41, 5.74) is 0.276.